The van der Waals surface area contributed by atoms with Crippen LogP contribution in [0.25, 0.3) is 0 Å². The third-order valence-electron chi connectivity index (χ3n) is 2.34. The lowest BCUT2D eigenvalue weighted by molar-refractivity contribution is -0.253. The van der Waals surface area contributed by atoms with Crippen molar-refractivity contribution in [2.75, 3.05) is 0 Å². The lowest BCUT2D eigenvalue weighted by Gasteiger charge is -2.24. The van der Waals surface area contributed by atoms with Gasteiger partial charge < -0.3 is 18.2 Å². The highest BCUT2D eigenvalue weighted by atomic mass is 28.4. The molecule has 0 heterocycles. The molecule has 0 amide bonds. The zero-order valence-electron chi connectivity index (χ0n) is 13.2. The second kappa shape index (κ2) is 9.15. The fourth-order valence-corrected chi connectivity index (χ4v) is 2.97. The van der Waals surface area contributed by atoms with E-state index in [0.29, 0.717) is 12.8 Å². The van der Waals surface area contributed by atoms with E-state index < -0.39 is 38.8 Å². The number of carbonyl (C=O) groups is 4. The van der Waals surface area contributed by atoms with Crippen molar-refractivity contribution in [1.29, 1.82) is 0 Å². The molecule has 0 saturated heterocycles. The lowest BCUT2D eigenvalue weighted by Crippen LogP contribution is -2.53. The van der Waals surface area contributed by atoms with Gasteiger partial charge >= 0.3 is 21.0 Å². The van der Waals surface area contributed by atoms with Crippen molar-refractivity contribution in [2.45, 2.75) is 47.5 Å². The monoisotopic (exact) mass is 336 g/mol. The molecule has 0 aromatic heterocycles. The first-order chi connectivity index (χ1) is 10.2. The van der Waals surface area contributed by atoms with Crippen molar-refractivity contribution in [3.8, 4) is 0 Å². The quantitative estimate of drug-likeness (QED) is 0.364. The minimum Gasteiger partial charge on any atom is -0.431 e. The van der Waals surface area contributed by atoms with E-state index in [1.54, 1.807) is 13.8 Å². The normalized spacial score (nSPS) is 10.8. The molecule has 0 radical (unpaired) electrons. The Balaban J connectivity index is 5.38. The molecule has 9 nitrogen and oxygen atoms in total. The van der Waals surface area contributed by atoms with Gasteiger partial charge in [0.15, 0.2) is 0 Å². The van der Waals surface area contributed by atoms with Gasteiger partial charge in [-0.15, -0.1) is 4.58 Å². The van der Waals surface area contributed by atoms with Crippen LogP contribution in [0.2, 0.25) is 0 Å². The highest BCUT2D eigenvalue weighted by Crippen LogP contribution is 2.19. The summed E-state index contributed by atoms with van der Waals surface area (Å²) in [6.07, 6.45) is 0.904. The summed E-state index contributed by atoms with van der Waals surface area (Å²) in [6, 6.07) is 0. The van der Waals surface area contributed by atoms with Gasteiger partial charge in [-0.1, -0.05) is 13.8 Å². The Morgan fingerprint density at radius 2 is 1.27 bits per heavy atom. The van der Waals surface area contributed by atoms with Gasteiger partial charge in [0.2, 0.25) is 0 Å². The number of rotatable bonds is 8. The summed E-state index contributed by atoms with van der Waals surface area (Å²) >= 11 is 0. The van der Waals surface area contributed by atoms with Crippen LogP contribution in [0.15, 0.2) is 0 Å². The summed E-state index contributed by atoms with van der Waals surface area (Å²) in [4.78, 5) is 49.5. The smallest absolute Gasteiger partial charge is 0.431 e. The van der Waals surface area contributed by atoms with Crippen LogP contribution in [-0.2, 0) is 41.9 Å². The van der Waals surface area contributed by atoms with Crippen LogP contribution in [-0.4, -0.2) is 32.9 Å². The van der Waals surface area contributed by atoms with Crippen molar-refractivity contribution in [3.05, 3.63) is 0 Å². The van der Waals surface area contributed by atoms with Crippen molar-refractivity contribution in [2.24, 2.45) is 5.92 Å². The first-order valence-corrected chi connectivity index (χ1v) is 8.27. The Hall–Kier alpha value is -1.94. The van der Waals surface area contributed by atoms with Gasteiger partial charge in [0.25, 0.3) is 11.9 Å². The number of carbonyl (C=O) groups excluding carboxylic acids is 4. The third-order valence-corrected chi connectivity index (χ3v) is 4.16. The summed E-state index contributed by atoms with van der Waals surface area (Å²) in [7, 11) is -4.63. The van der Waals surface area contributed by atoms with Gasteiger partial charge in [-0.3, -0.25) is 14.4 Å². The second-order valence-corrected chi connectivity index (χ2v) is 6.06. The fourth-order valence-electron chi connectivity index (χ4n) is 1.40. The van der Waals surface area contributed by atoms with Crippen LogP contribution in [0.1, 0.15) is 47.5 Å². The maximum Gasteiger partial charge on any atom is 0.937 e. The van der Waals surface area contributed by atoms with Crippen LogP contribution in [0.3, 0.4) is 0 Å². The Morgan fingerprint density at radius 3 is 1.59 bits per heavy atom. The molecule has 0 rings (SSSR count). The molecule has 0 bridgehead atoms. The largest absolute Gasteiger partial charge is 0.937 e. The summed E-state index contributed by atoms with van der Waals surface area (Å²) in [5.74, 6) is -4.07. The number of hydrogen-bond acceptors (Lipinski definition) is 9. The molecule has 0 aliphatic rings. The minimum atomic E-state index is -4.63. The standard InChI is InChI=1S/C12H20O9Si/c1-6-11(7-2)12(16)20-22(18-9(4)14,19-10(5)15)21-17-8(3)13/h11H,6-7H2,1-5H3. The van der Waals surface area contributed by atoms with Gasteiger partial charge in [0, 0.05) is 20.8 Å². The molecular weight excluding hydrogens is 316 g/mol. The maximum absolute atomic E-state index is 12.0. The molecule has 0 aliphatic heterocycles. The number of hydrogen-bond donors (Lipinski definition) is 0. The van der Waals surface area contributed by atoms with Crippen molar-refractivity contribution in [3.63, 3.8) is 0 Å². The molecular formula is C12H20O9Si. The Labute approximate surface area is 129 Å². The fraction of sp³-hybridized carbons (Fsp3) is 0.667. The summed E-state index contributed by atoms with van der Waals surface area (Å²) in [5, 5.41) is 0. The first-order valence-electron chi connectivity index (χ1n) is 6.64. The molecule has 0 aliphatic carbocycles. The van der Waals surface area contributed by atoms with Crippen LogP contribution in [0, 0.1) is 5.92 Å². The topological polar surface area (TPSA) is 114 Å². The summed E-state index contributed by atoms with van der Waals surface area (Å²) in [5.41, 5.74) is 0. The molecule has 0 spiro atoms. The molecule has 0 aromatic rings. The SMILES string of the molecule is CCC(CC)C(=O)O[Si](OOC(C)=O)(OC(C)=O)OC(C)=O. The Kier molecular flexibility index (Phi) is 8.34. The lowest BCUT2D eigenvalue weighted by atomic mass is 10.0. The molecule has 0 saturated carbocycles. The highest BCUT2D eigenvalue weighted by Gasteiger charge is 2.61. The van der Waals surface area contributed by atoms with Gasteiger partial charge in [0.1, 0.15) is 0 Å². The van der Waals surface area contributed by atoms with E-state index in [0.717, 1.165) is 20.8 Å². The maximum atomic E-state index is 12.0. The van der Waals surface area contributed by atoms with E-state index in [2.05, 4.69) is 9.46 Å². The highest BCUT2D eigenvalue weighted by molar-refractivity contribution is 6.59. The minimum absolute atomic E-state index is 0.452. The molecule has 0 N–H and O–H groups in total. The van der Waals surface area contributed by atoms with Crippen LogP contribution in [0.5, 0.6) is 0 Å². The molecule has 22 heavy (non-hydrogen) atoms. The van der Waals surface area contributed by atoms with E-state index in [1.807, 2.05) is 0 Å². The summed E-state index contributed by atoms with van der Waals surface area (Å²) in [6.45, 7) is 6.50. The molecule has 10 heteroatoms. The second-order valence-electron chi connectivity index (χ2n) is 4.28. The van der Waals surface area contributed by atoms with E-state index in [4.69, 9.17) is 13.3 Å². The first kappa shape index (κ1) is 20.1. The van der Waals surface area contributed by atoms with E-state index in [-0.39, 0.29) is 0 Å². The van der Waals surface area contributed by atoms with Gasteiger partial charge in [-0.2, -0.15) is 0 Å². The van der Waals surface area contributed by atoms with E-state index >= 15 is 0 Å². The zero-order chi connectivity index (χ0) is 17.3. The average Bonchev–Trinajstić information content (AvgIpc) is 2.36. The average molecular weight is 336 g/mol. The molecule has 0 atom stereocenters. The zero-order valence-corrected chi connectivity index (χ0v) is 14.2. The van der Waals surface area contributed by atoms with Gasteiger partial charge in [0.05, 0.1) is 5.92 Å². The van der Waals surface area contributed by atoms with Crippen molar-refractivity contribution < 1.29 is 41.9 Å². The molecule has 0 aromatic carbocycles. The molecule has 126 valence electrons. The Morgan fingerprint density at radius 1 is 0.818 bits per heavy atom. The predicted octanol–water partition coefficient (Wildman–Crippen LogP) is 1.02. The van der Waals surface area contributed by atoms with Gasteiger partial charge in [-0.25, -0.2) is 4.79 Å². The van der Waals surface area contributed by atoms with Crippen molar-refractivity contribution in [1.82, 2.24) is 0 Å². The van der Waals surface area contributed by atoms with Crippen LogP contribution < -0.4 is 0 Å². The predicted molar refractivity (Wildman–Crippen MR) is 72.3 cm³/mol. The van der Waals surface area contributed by atoms with Crippen molar-refractivity contribution >= 4 is 32.9 Å². The molecule has 0 unspecified atom stereocenters. The Bertz CT molecular complexity index is 414. The molecule has 0 fully saturated rings. The van der Waals surface area contributed by atoms with E-state index in [1.165, 1.54) is 0 Å². The van der Waals surface area contributed by atoms with Gasteiger partial charge in [-0.05, 0) is 12.8 Å². The summed E-state index contributed by atoms with van der Waals surface area (Å²) < 4.78 is 19.0. The third kappa shape index (κ3) is 7.18. The van der Waals surface area contributed by atoms with Crippen LogP contribution >= 0.6 is 0 Å². The van der Waals surface area contributed by atoms with Crippen LogP contribution in [0.4, 0.5) is 0 Å². The van der Waals surface area contributed by atoms with E-state index in [9.17, 15) is 19.2 Å².